The first-order valence-corrected chi connectivity index (χ1v) is 11.0. The third-order valence-electron chi connectivity index (χ3n) is 6.21. The van der Waals surface area contributed by atoms with Crippen molar-refractivity contribution in [3.63, 3.8) is 0 Å². The number of rotatable bonds is 2. The number of alkyl halides is 2. The van der Waals surface area contributed by atoms with E-state index < -0.39 is 12.0 Å². The fourth-order valence-electron chi connectivity index (χ4n) is 4.80. The summed E-state index contributed by atoms with van der Waals surface area (Å²) >= 11 is 6.06. The lowest BCUT2D eigenvalue weighted by molar-refractivity contribution is 0.00473. The molecule has 0 bridgehead atoms. The molecular formula is C21H29ClF2N4O2. The molecule has 0 spiro atoms. The summed E-state index contributed by atoms with van der Waals surface area (Å²) in [6.07, 6.45) is -0.475. The molecule has 4 rings (SSSR count). The smallest absolute Gasteiger partial charge is 0.410 e. The molecule has 166 valence electrons. The lowest BCUT2D eigenvalue weighted by Gasteiger charge is -2.55. The number of pyridine rings is 1. The van der Waals surface area contributed by atoms with Crippen LogP contribution in [0.1, 0.15) is 51.3 Å². The lowest BCUT2D eigenvalue weighted by Crippen LogP contribution is -2.69. The van der Waals surface area contributed by atoms with Crippen molar-refractivity contribution in [2.45, 2.75) is 64.1 Å². The number of hydrogen-bond acceptors (Lipinski definition) is 5. The highest BCUT2D eigenvalue weighted by Gasteiger charge is 2.45. The molecule has 3 aliphatic rings. The van der Waals surface area contributed by atoms with Gasteiger partial charge in [0.05, 0.1) is 0 Å². The minimum atomic E-state index is -2.62. The summed E-state index contributed by atoms with van der Waals surface area (Å²) in [5.41, 5.74) is 0.790. The second-order valence-corrected chi connectivity index (χ2v) is 9.70. The van der Waals surface area contributed by atoms with E-state index in [4.69, 9.17) is 16.3 Å². The van der Waals surface area contributed by atoms with Crippen LogP contribution in [0.4, 0.5) is 19.3 Å². The van der Waals surface area contributed by atoms with Gasteiger partial charge < -0.3 is 14.5 Å². The van der Waals surface area contributed by atoms with Gasteiger partial charge in [-0.15, -0.1) is 0 Å². The first-order chi connectivity index (χ1) is 14.1. The van der Waals surface area contributed by atoms with Crippen LogP contribution >= 0.6 is 11.6 Å². The number of aromatic nitrogens is 1. The Morgan fingerprint density at radius 3 is 2.57 bits per heavy atom. The molecule has 9 heteroatoms. The van der Waals surface area contributed by atoms with Crippen LogP contribution in [0.2, 0.25) is 5.15 Å². The third-order valence-corrected chi connectivity index (χ3v) is 6.40. The maximum Gasteiger partial charge on any atom is 0.410 e. The summed E-state index contributed by atoms with van der Waals surface area (Å²) in [6.45, 7) is 9.26. The minimum Gasteiger partial charge on any atom is -0.444 e. The Hall–Kier alpha value is -1.67. The number of amides is 1. The van der Waals surface area contributed by atoms with E-state index in [9.17, 15) is 13.6 Å². The monoisotopic (exact) mass is 442 g/mol. The molecule has 2 fully saturated rings. The molecule has 2 atom stereocenters. The van der Waals surface area contributed by atoms with E-state index >= 15 is 0 Å². The zero-order chi connectivity index (χ0) is 21.6. The molecule has 1 aromatic heterocycles. The number of halogens is 3. The van der Waals surface area contributed by atoms with E-state index in [2.05, 4.69) is 14.8 Å². The predicted octanol–water partition coefficient (Wildman–Crippen LogP) is 4.12. The highest BCUT2D eigenvalue weighted by molar-refractivity contribution is 6.29. The Kier molecular flexibility index (Phi) is 5.83. The largest absolute Gasteiger partial charge is 0.444 e. The van der Waals surface area contributed by atoms with Crippen LogP contribution in [0.3, 0.4) is 0 Å². The van der Waals surface area contributed by atoms with E-state index in [1.807, 2.05) is 20.8 Å². The van der Waals surface area contributed by atoms with Gasteiger partial charge in [-0.25, -0.2) is 18.6 Å². The van der Waals surface area contributed by atoms with E-state index in [1.165, 1.54) is 0 Å². The summed E-state index contributed by atoms with van der Waals surface area (Å²) in [6, 6.07) is 2.37. The van der Waals surface area contributed by atoms with Crippen molar-refractivity contribution in [2.75, 3.05) is 37.6 Å². The molecular weight excluding hydrogens is 414 g/mol. The number of ether oxygens (including phenoxy) is 1. The van der Waals surface area contributed by atoms with E-state index in [0.717, 1.165) is 38.2 Å². The Labute approximate surface area is 181 Å². The van der Waals surface area contributed by atoms with Crippen LogP contribution in [0.5, 0.6) is 0 Å². The zero-order valence-corrected chi connectivity index (χ0v) is 18.5. The molecule has 0 aromatic carbocycles. The summed E-state index contributed by atoms with van der Waals surface area (Å²) in [5, 5.41) is 0.124. The molecule has 30 heavy (non-hydrogen) atoms. The van der Waals surface area contributed by atoms with Gasteiger partial charge in [0.15, 0.2) is 0 Å². The van der Waals surface area contributed by atoms with E-state index in [0.29, 0.717) is 31.1 Å². The topological polar surface area (TPSA) is 48.9 Å². The van der Waals surface area contributed by atoms with Gasteiger partial charge in [-0.05, 0) is 46.1 Å². The number of piperazine rings is 1. The van der Waals surface area contributed by atoms with Crippen molar-refractivity contribution in [3.8, 4) is 0 Å². The van der Waals surface area contributed by atoms with Crippen molar-refractivity contribution in [1.82, 2.24) is 14.8 Å². The standard InChI is InChI=1S/C21H29ClF2N4O2/c1-21(2,3)30-20(29)27-9-7-26(8-10-27)16-12-28-14(16)6-4-5-13-15(28)11-17(22)25-18(13)19(23)24/h11,14,16,19H,4-10,12H2,1-3H3/t14-,16+/m0/s1. The Bertz CT molecular complexity index is 809. The van der Waals surface area contributed by atoms with E-state index in [-0.39, 0.29) is 23.0 Å². The molecule has 3 aliphatic heterocycles. The van der Waals surface area contributed by atoms with Gasteiger partial charge in [-0.3, -0.25) is 4.90 Å². The first-order valence-electron chi connectivity index (χ1n) is 10.6. The van der Waals surface area contributed by atoms with Crippen molar-refractivity contribution in [1.29, 1.82) is 0 Å². The zero-order valence-electron chi connectivity index (χ0n) is 17.7. The second kappa shape index (κ2) is 8.11. The maximum atomic E-state index is 13.5. The number of carbonyl (C=O) groups is 1. The van der Waals surface area contributed by atoms with Gasteiger partial charge in [-0.1, -0.05) is 11.6 Å². The Morgan fingerprint density at radius 2 is 1.93 bits per heavy atom. The summed E-state index contributed by atoms with van der Waals surface area (Å²) < 4.78 is 32.5. The lowest BCUT2D eigenvalue weighted by atomic mass is 9.90. The average molecular weight is 443 g/mol. The molecule has 0 saturated carbocycles. The van der Waals surface area contributed by atoms with Crippen LogP contribution in [0.25, 0.3) is 0 Å². The van der Waals surface area contributed by atoms with E-state index in [1.54, 1.807) is 11.0 Å². The van der Waals surface area contributed by atoms with Crippen molar-refractivity contribution in [2.24, 2.45) is 0 Å². The van der Waals surface area contributed by atoms with Crippen molar-refractivity contribution < 1.29 is 18.3 Å². The van der Waals surface area contributed by atoms with Crippen LogP contribution in [-0.2, 0) is 11.2 Å². The van der Waals surface area contributed by atoms with Gasteiger partial charge in [0, 0.05) is 56.1 Å². The summed E-state index contributed by atoms with van der Waals surface area (Å²) in [5.74, 6) is 0. The number of nitrogens with zero attached hydrogens (tertiary/aromatic N) is 4. The van der Waals surface area contributed by atoms with Crippen LogP contribution in [0, 0.1) is 0 Å². The molecule has 4 heterocycles. The maximum absolute atomic E-state index is 13.5. The van der Waals surface area contributed by atoms with Crippen LogP contribution < -0.4 is 4.90 Å². The van der Waals surface area contributed by atoms with Gasteiger partial charge in [0.25, 0.3) is 6.43 Å². The van der Waals surface area contributed by atoms with Crippen molar-refractivity contribution >= 4 is 23.4 Å². The molecule has 0 aliphatic carbocycles. The Balaban J connectivity index is 1.42. The fourth-order valence-corrected chi connectivity index (χ4v) is 5.00. The molecule has 1 aromatic rings. The second-order valence-electron chi connectivity index (χ2n) is 9.31. The number of carbonyl (C=O) groups excluding carboxylic acids is 1. The normalized spacial score (nSPS) is 24.8. The van der Waals surface area contributed by atoms with Crippen LogP contribution in [0.15, 0.2) is 6.07 Å². The molecule has 0 radical (unpaired) electrons. The molecule has 2 saturated heterocycles. The number of anilines is 1. The summed E-state index contributed by atoms with van der Waals surface area (Å²) in [7, 11) is 0. The molecule has 1 amide bonds. The third kappa shape index (κ3) is 4.21. The number of fused-ring (bicyclic) bond motifs is 3. The Morgan fingerprint density at radius 1 is 1.23 bits per heavy atom. The fraction of sp³-hybridized carbons (Fsp3) is 0.714. The van der Waals surface area contributed by atoms with Gasteiger partial charge >= 0.3 is 6.09 Å². The van der Waals surface area contributed by atoms with Crippen LogP contribution in [-0.4, -0.2) is 71.3 Å². The molecule has 0 N–H and O–H groups in total. The van der Waals surface area contributed by atoms with Gasteiger partial charge in [0.2, 0.25) is 0 Å². The summed E-state index contributed by atoms with van der Waals surface area (Å²) in [4.78, 5) is 22.6. The molecule has 0 unspecified atom stereocenters. The minimum absolute atomic E-state index is 0.124. The number of hydrogen-bond donors (Lipinski definition) is 0. The highest BCUT2D eigenvalue weighted by Crippen LogP contribution is 2.42. The highest BCUT2D eigenvalue weighted by atomic mass is 35.5. The van der Waals surface area contributed by atoms with Crippen molar-refractivity contribution in [3.05, 3.63) is 22.5 Å². The SMILES string of the molecule is CC(C)(C)OC(=O)N1CCN([C@@H]2CN3c4cc(Cl)nc(C(F)F)c4CCC[C@@H]23)CC1. The van der Waals surface area contributed by atoms with Gasteiger partial charge in [-0.2, -0.15) is 0 Å². The average Bonchev–Trinajstić information content (AvgIpc) is 2.77. The van der Waals surface area contributed by atoms with Gasteiger partial charge in [0.1, 0.15) is 16.4 Å². The molecule has 6 nitrogen and oxygen atoms in total. The quantitative estimate of drug-likeness (QED) is 0.645. The first kappa shape index (κ1) is 21.6. The predicted molar refractivity (Wildman–Crippen MR) is 111 cm³/mol.